The highest BCUT2D eigenvalue weighted by Gasteiger charge is 2.42. The summed E-state index contributed by atoms with van der Waals surface area (Å²) in [6.45, 7) is 0. The van der Waals surface area contributed by atoms with Gasteiger partial charge in [0.15, 0.2) is 5.11 Å². The minimum absolute atomic E-state index is 0.220. The van der Waals surface area contributed by atoms with E-state index in [1.165, 1.54) is 7.11 Å². The van der Waals surface area contributed by atoms with Crippen LogP contribution in [0.15, 0.2) is 85.2 Å². The highest BCUT2D eigenvalue weighted by molar-refractivity contribution is 7.80. The smallest absolute Gasteiger partial charge is 0.337 e. The van der Waals surface area contributed by atoms with Crippen molar-refractivity contribution in [3.63, 3.8) is 0 Å². The number of esters is 1. The van der Waals surface area contributed by atoms with Gasteiger partial charge in [-0.15, -0.1) is 0 Å². The van der Waals surface area contributed by atoms with Crippen molar-refractivity contribution in [2.24, 2.45) is 0 Å². The number of carbonyl (C=O) groups is 1. The Labute approximate surface area is 219 Å². The molecule has 1 aliphatic rings. The molecular weight excluding hydrogens is 496 g/mol. The zero-order chi connectivity index (χ0) is 25.2. The molecule has 1 N–H and O–H groups in total. The molecule has 2 aromatic carbocycles. The van der Waals surface area contributed by atoms with Crippen molar-refractivity contribution in [1.82, 2.24) is 14.9 Å². The van der Waals surface area contributed by atoms with Gasteiger partial charge in [0.2, 0.25) is 0 Å². The number of ether oxygens (including phenoxy) is 2. The Hall–Kier alpha value is -3.88. The number of hydrogen-bond donors (Lipinski definition) is 1. The van der Waals surface area contributed by atoms with Crippen molar-refractivity contribution in [2.45, 2.75) is 12.1 Å². The molecule has 0 amide bonds. The van der Waals surface area contributed by atoms with Gasteiger partial charge in [0.05, 0.1) is 36.5 Å². The molecule has 7 nitrogen and oxygen atoms in total. The van der Waals surface area contributed by atoms with Crippen molar-refractivity contribution in [3.8, 4) is 11.4 Å². The lowest BCUT2D eigenvalue weighted by Crippen LogP contribution is -2.30. The predicted octanol–water partition coefficient (Wildman–Crippen LogP) is 5.50. The number of anilines is 1. The maximum absolute atomic E-state index is 11.9. The summed E-state index contributed by atoms with van der Waals surface area (Å²) >= 11 is 12.3. The molecule has 0 radical (unpaired) electrons. The standard InChI is InChI=1S/C27H23ClN4O3S/c1-34-23-13-12-19(16-20(23)28)32-25(24(30-27(32)36)21-6-3-4-14-29-21)22-7-5-15-31(22)18-10-8-17(9-11-18)26(33)35-2/h3-16,24-25H,1-2H3,(H,30,36)/t24-,25+/m0/s1. The third-order valence-electron chi connectivity index (χ3n) is 6.16. The second-order valence-electron chi connectivity index (χ2n) is 8.16. The normalized spacial score (nSPS) is 17.1. The Morgan fingerprint density at radius 1 is 1.03 bits per heavy atom. The van der Waals surface area contributed by atoms with Crippen molar-refractivity contribution in [3.05, 3.63) is 107 Å². The van der Waals surface area contributed by atoms with Crippen LogP contribution in [0.3, 0.4) is 0 Å². The third-order valence-corrected chi connectivity index (χ3v) is 6.77. The molecule has 182 valence electrons. The molecule has 36 heavy (non-hydrogen) atoms. The van der Waals surface area contributed by atoms with Gasteiger partial charge in [0.25, 0.3) is 0 Å². The van der Waals surface area contributed by atoms with E-state index in [-0.39, 0.29) is 18.1 Å². The zero-order valence-electron chi connectivity index (χ0n) is 19.6. The number of hydrogen-bond acceptors (Lipinski definition) is 5. The fourth-order valence-electron chi connectivity index (χ4n) is 4.48. The second kappa shape index (κ2) is 10.0. The van der Waals surface area contributed by atoms with Crippen molar-refractivity contribution in [1.29, 1.82) is 0 Å². The Kier molecular flexibility index (Phi) is 6.63. The van der Waals surface area contributed by atoms with Gasteiger partial charge in [-0.1, -0.05) is 17.7 Å². The van der Waals surface area contributed by atoms with Gasteiger partial charge in [0, 0.05) is 29.5 Å². The first kappa shape index (κ1) is 23.8. The number of rotatable bonds is 6. The molecule has 1 aliphatic heterocycles. The molecule has 2 aromatic heterocycles. The molecule has 9 heteroatoms. The summed E-state index contributed by atoms with van der Waals surface area (Å²) in [4.78, 5) is 18.6. The van der Waals surface area contributed by atoms with Crippen LogP contribution in [0.25, 0.3) is 5.69 Å². The Morgan fingerprint density at radius 3 is 2.47 bits per heavy atom. The molecule has 1 fully saturated rings. The summed E-state index contributed by atoms with van der Waals surface area (Å²) in [5.74, 6) is 0.211. The zero-order valence-corrected chi connectivity index (χ0v) is 21.2. The van der Waals surface area contributed by atoms with E-state index < -0.39 is 0 Å². The summed E-state index contributed by atoms with van der Waals surface area (Å²) < 4.78 is 12.3. The number of thiocarbonyl (C=S) groups is 1. The maximum atomic E-state index is 11.9. The van der Waals surface area contributed by atoms with E-state index in [0.717, 1.165) is 22.8 Å². The fourth-order valence-corrected chi connectivity index (χ4v) is 5.08. The van der Waals surface area contributed by atoms with Crippen molar-refractivity contribution in [2.75, 3.05) is 19.1 Å². The summed E-state index contributed by atoms with van der Waals surface area (Å²) in [6.07, 6.45) is 3.76. The molecule has 2 atom stereocenters. The van der Waals surface area contributed by atoms with Crippen LogP contribution in [0.1, 0.15) is 33.8 Å². The molecular formula is C27H23ClN4O3S. The van der Waals surface area contributed by atoms with E-state index in [4.69, 9.17) is 33.3 Å². The predicted molar refractivity (Wildman–Crippen MR) is 143 cm³/mol. The Balaban J connectivity index is 1.62. The molecule has 1 saturated heterocycles. The average molecular weight is 519 g/mol. The summed E-state index contributed by atoms with van der Waals surface area (Å²) in [7, 11) is 2.95. The number of benzene rings is 2. The second-order valence-corrected chi connectivity index (χ2v) is 8.95. The van der Waals surface area contributed by atoms with Gasteiger partial charge in [0.1, 0.15) is 11.8 Å². The first-order valence-corrected chi connectivity index (χ1v) is 12.0. The number of nitrogens with one attached hydrogen (secondary N) is 1. The number of nitrogens with zero attached hydrogens (tertiary/aromatic N) is 3. The highest BCUT2D eigenvalue weighted by Crippen LogP contribution is 2.43. The maximum Gasteiger partial charge on any atom is 0.337 e. The van der Waals surface area contributed by atoms with Crippen molar-refractivity contribution < 1.29 is 14.3 Å². The number of carbonyl (C=O) groups excluding carboxylic acids is 1. The summed E-state index contributed by atoms with van der Waals surface area (Å²) in [6, 6.07) is 22.3. The van der Waals surface area contributed by atoms with E-state index in [1.54, 1.807) is 25.4 Å². The fraction of sp³-hybridized carbons (Fsp3) is 0.148. The molecule has 0 spiro atoms. The highest BCUT2D eigenvalue weighted by atomic mass is 35.5. The number of pyridine rings is 1. The van der Waals surface area contributed by atoms with Gasteiger partial charge >= 0.3 is 5.97 Å². The van der Waals surface area contributed by atoms with E-state index in [2.05, 4.69) is 25.8 Å². The quantitative estimate of drug-likeness (QED) is 0.267. The van der Waals surface area contributed by atoms with Crippen LogP contribution in [0, 0.1) is 0 Å². The molecule has 5 rings (SSSR count). The van der Waals surface area contributed by atoms with Crippen molar-refractivity contribution >= 4 is 40.6 Å². The number of halogens is 1. The van der Waals surface area contributed by atoms with Gasteiger partial charge in [-0.2, -0.15) is 0 Å². The van der Waals surface area contributed by atoms with Gasteiger partial charge in [-0.25, -0.2) is 4.79 Å². The molecule has 3 heterocycles. The first-order valence-electron chi connectivity index (χ1n) is 11.2. The lowest BCUT2D eigenvalue weighted by atomic mass is 10.0. The summed E-state index contributed by atoms with van der Waals surface area (Å²) in [5, 5.41) is 4.51. The topological polar surface area (TPSA) is 68.6 Å². The van der Waals surface area contributed by atoms with Crippen LogP contribution < -0.4 is 15.0 Å². The monoisotopic (exact) mass is 518 g/mol. The molecule has 0 aliphatic carbocycles. The number of aromatic nitrogens is 2. The van der Waals surface area contributed by atoms with Crippen LogP contribution in [0.5, 0.6) is 5.75 Å². The lowest BCUT2D eigenvalue weighted by Gasteiger charge is -2.29. The molecule has 0 saturated carbocycles. The van der Waals surface area contributed by atoms with E-state index in [9.17, 15) is 4.79 Å². The van der Waals surface area contributed by atoms with Gasteiger partial charge in [-0.3, -0.25) is 4.98 Å². The van der Waals surface area contributed by atoms with Crippen LogP contribution in [-0.4, -0.2) is 34.9 Å². The molecule has 4 aromatic rings. The van der Waals surface area contributed by atoms with Crippen LogP contribution in [0.4, 0.5) is 5.69 Å². The first-order chi connectivity index (χ1) is 17.5. The van der Waals surface area contributed by atoms with Crippen LogP contribution >= 0.6 is 23.8 Å². The Bertz CT molecular complexity index is 1410. The molecule has 0 bridgehead atoms. The largest absolute Gasteiger partial charge is 0.495 e. The lowest BCUT2D eigenvalue weighted by molar-refractivity contribution is 0.0600. The Morgan fingerprint density at radius 2 is 1.81 bits per heavy atom. The number of methoxy groups -OCH3 is 2. The minimum Gasteiger partial charge on any atom is -0.495 e. The third kappa shape index (κ3) is 4.29. The molecule has 0 unspecified atom stereocenters. The van der Waals surface area contributed by atoms with Crippen LogP contribution in [0.2, 0.25) is 5.02 Å². The summed E-state index contributed by atoms with van der Waals surface area (Å²) in [5.41, 5.74) is 4.06. The van der Waals surface area contributed by atoms with E-state index in [0.29, 0.717) is 21.4 Å². The van der Waals surface area contributed by atoms with Crippen LogP contribution in [-0.2, 0) is 4.74 Å². The van der Waals surface area contributed by atoms with Gasteiger partial charge in [-0.05, 0) is 78.9 Å². The minimum atomic E-state index is -0.377. The van der Waals surface area contributed by atoms with E-state index in [1.807, 2.05) is 60.8 Å². The van der Waals surface area contributed by atoms with Gasteiger partial charge < -0.3 is 24.3 Å². The average Bonchev–Trinajstić information content (AvgIpc) is 3.53. The SMILES string of the molecule is COC(=O)c1ccc(-n2cccc2[C@@H]2[C@H](c3ccccn3)NC(=S)N2c2ccc(OC)c(Cl)c2)cc1. The van der Waals surface area contributed by atoms with E-state index >= 15 is 0 Å².